The van der Waals surface area contributed by atoms with Gasteiger partial charge in [-0.15, -0.1) is 0 Å². The van der Waals surface area contributed by atoms with Gasteiger partial charge in [0.25, 0.3) is 0 Å². The quantitative estimate of drug-likeness (QED) is 0.860. The summed E-state index contributed by atoms with van der Waals surface area (Å²) in [5, 5.41) is 10.6. The van der Waals surface area contributed by atoms with Gasteiger partial charge in [-0.05, 0) is 31.2 Å². The first kappa shape index (κ1) is 14.1. The van der Waals surface area contributed by atoms with Crippen LogP contribution in [0.15, 0.2) is 30.3 Å². The van der Waals surface area contributed by atoms with Crippen molar-refractivity contribution in [3.8, 4) is 0 Å². The topological polar surface area (TPSA) is 42.0 Å². The van der Waals surface area contributed by atoms with E-state index in [1.54, 1.807) is 0 Å². The molecule has 0 radical (unpaired) electrons. The fourth-order valence-electron chi connectivity index (χ4n) is 3.42. The standard InChI is InChI=1S/C17H24O3/c1-12(2)17-10-9-16(3,18)14(15(17)20-17)19-11-13-7-5-4-6-8-13/h4-8,12,14-15,18H,9-11H2,1-3H3/t14-,15-,16+,17-/m1/s1. The molecule has 1 N–H and O–H groups in total. The summed E-state index contributed by atoms with van der Waals surface area (Å²) in [7, 11) is 0. The third-order valence-corrected chi connectivity index (χ3v) is 4.93. The van der Waals surface area contributed by atoms with Crippen LogP contribution in [0.4, 0.5) is 0 Å². The number of aliphatic hydroxyl groups is 1. The van der Waals surface area contributed by atoms with Gasteiger partial charge in [0.05, 0.1) is 17.8 Å². The highest BCUT2D eigenvalue weighted by Gasteiger charge is 2.68. The molecule has 4 atom stereocenters. The van der Waals surface area contributed by atoms with Gasteiger partial charge < -0.3 is 14.6 Å². The van der Waals surface area contributed by atoms with Crippen LogP contribution in [-0.2, 0) is 16.1 Å². The number of ether oxygens (including phenoxy) is 2. The van der Waals surface area contributed by atoms with E-state index < -0.39 is 5.60 Å². The molecule has 0 unspecified atom stereocenters. The van der Waals surface area contributed by atoms with E-state index in [0.717, 1.165) is 18.4 Å². The van der Waals surface area contributed by atoms with E-state index in [0.29, 0.717) is 12.5 Å². The van der Waals surface area contributed by atoms with E-state index in [1.165, 1.54) is 0 Å². The Morgan fingerprint density at radius 1 is 1.30 bits per heavy atom. The van der Waals surface area contributed by atoms with Gasteiger partial charge >= 0.3 is 0 Å². The van der Waals surface area contributed by atoms with Crippen molar-refractivity contribution in [1.29, 1.82) is 0 Å². The molecule has 1 aromatic rings. The number of benzene rings is 1. The second-order valence-electron chi connectivity index (χ2n) is 6.72. The van der Waals surface area contributed by atoms with Gasteiger partial charge in [0, 0.05) is 0 Å². The molecule has 3 rings (SSSR count). The van der Waals surface area contributed by atoms with E-state index in [4.69, 9.17) is 9.47 Å². The molecular formula is C17H24O3. The van der Waals surface area contributed by atoms with E-state index in [2.05, 4.69) is 13.8 Å². The van der Waals surface area contributed by atoms with Crippen molar-refractivity contribution < 1.29 is 14.6 Å². The fraction of sp³-hybridized carbons (Fsp3) is 0.647. The summed E-state index contributed by atoms with van der Waals surface area (Å²) in [6, 6.07) is 10.1. The van der Waals surface area contributed by atoms with Crippen molar-refractivity contribution in [2.24, 2.45) is 5.92 Å². The molecule has 0 bridgehead atoms. The third-order valence-electron chi connectivity index (χ3n) is 4.93. The molecule has 1 heterocycles. The van der Waals surface area contributed by atoms with Gasteiger partial charge in [0.15, 0.2) is 0 Å². The lowest BCUT2D eigenvalue weighted by Crippen LogP contribution is -2.51. The van der Waals surface area contributed by atoms with E-state index in [1.807, 2.05) is 37.3 Å². The zero-order chi connectivity index (χ0) is 14.4. The van der Waals surface area contributed by atoms with Gasteiger partial charge in [-0.2, -0.15) is 0 Å². The maximum atomic E-state index is 10.6. The summed E-state index contributed by atoms with van der Waals surface area (Å²) in [6.45, 7) is 6.77. The summed E-state index contributed by atoms with van der Waals surface area (Å²) in [6.07, 6.45) is 1.46. The molecule has 20 heavy (non-hydrogen) atoms. The molecule has 0 aromatic heterocycles. The van der Waals surface area contributed by atoms with Crippen LogP contribution in [0.2, 0.25) is 0 Å². The average molecular weight is 276 g/mol. The van der Waals surface area contributed by atoms with E-state index in [9.17, 15) is 5.11 Å². The second-order valence-corrected chi connectivity index (χ2v) is 6.72. The van der Waals surface area contributed by atoms with Gasteiger partial charge in [-0.1, -0.05) is 44.2 Å². The Morgan fingerprint density at radius 3 is 2.65 bits per heavy atom. The lowest BCUT2D eigenvalue weighted by Gasteiger charge is -2.38. The maximum Gasteiger partial charge on any atom is 0.117 e. The molecule has 0 spiro atoms. The summed E-state index contributed by atoms with van der Waals surface area (Å²) in [4.78, 5) is 0. The van der Waals surface area contributed by atoms with Crippen molar-refractivity contribution >= 4 is 0 Å². The minimum absolute atomic E-state index is 0.0370. The molecule has 0 amide bonds. The Balaban J connectivity index is 1.70. The van der Waals surface area contributed by atoms with E-state index in [-0.39, 0.29) is 17.8 Å². The SMILES string of the molecule is CC(C)[C@]12CC[C@](C)(O)[C@H](OCc3ccccc3)[C@H]1O2. The van der Waals surface area contributed by atoms with Crippen LogP contribution in [0.5, 0.6) is 0 Å². The maximum absolute atomic E-state index is 10.6. The number of rotatable bonds is 4. The lowest BCUT2D eigenvalue weighted by molar-refractivity contribution is -0.127. The summed E-state index contributed by atoms with van der Waals surface area (Å²) >= 11 is 0. The van der Waals surface area contributed by atoms with Crippen molar-refractivity contribution in [3.63, 3.8) is 0 Å². The van der Waals surface area contributed by atoms with Crippen LogP contribution in [0, 0.1) is 5.92 Å². The predicted molar refractivity (Wildman–Crippen MR) is 77.3 cm³/mol. The summed E-state index contributed by atoms with van der Waals surface area (Å²) in [5.41, 5.74) is 0.266. The molecule has 3 nitrogen and oxygen atoms in total. The molecule has 1 saturated heterocycles. The number of hydrogen-bond acceptors (Lipinski definition) is 3. The van der Waals surface area contributed by atoms with Gasteiger partial charge in [0.2, 0.25) is 0 Å². The van der Waals surface area contributed by atoms with Crippen LogP contribution in [0.25, 0.3) is 0 Å². The Bertz CT molecular complexity index is 468. The van der Waals surface area contributed by atoms with E-state index >= 15 is 0 Å². The first-order chi connectivity index (χ1) is 9.46. The minimum atomic E-state index is -0.797. The molecule has 1 aromatic carbocycles. The zero-order valence-electron chi connectivity index (χ0n) is 12.5. The first-order valence-corrected chi connectivity index (χ1v) is 7.51. The molecule has 2 aliphatic rings. The van der Waals surface area contributed by atoms with Crippen LogP contribution in [0.3, 0.4) is 0 Å². The van der Waals surface area contributed by atoms with Gasteiger partial charge in [0.1, 0.15) is 12.2 Å². The molecule has 1 aliphatic heterocycles. The van der Waals surface area contributed by atoms with Crippen LogP contribution >= 0.6 is 0 Å². The van der Waals surface area contributed by atoms with Gasteiger partial charge in [-0.3, -0.25) is 0 Å². The average Bonchev–Trinajstić information content (AvgIpc) is 3.14. The van der Waals surface area contributed by atoms with Gasteiger partial charge in [-0.25, -0.2) is 0 Å². The summed E-state index contributed by atoms with van der Waals surface area (Å²) in [5.74, 6) is 0.464. The largest absolute Gasteiger partial charge is 0.387 e. The monoisotopic (exact) mass is 276 g/mol. The van der Waals surface area contributed by atoms with Crippen molar-refractivity contribution in [3.05, 3.63) is 35.9 Å². The highest BCUT2D eigenvalue weighted by molar-refractivity contribution is 5.18. The number of epoxide rings is 1. The summed E-state index contributed by atoms with van der Waals surface area (Å²) < 4.78 is 12.0. The number of fused-ring (bicyclic) bond motifs is 1. The molecule has 110 valence electrons. The van der Waals surface area contributed by atoms with Crippen molar-refractivity contribution in [1.82, 2.24) is 0 Å². The first-order valence-electron chi connectivity index (χ1n) is 7.51. The van der Waals surface area contributed by atoms with Crippen molar-refractivity contribution in [2.75, 3.05) is 0 Å². The highest BCUT2D eigenvalue weighted by Crippen LogP contribution is 2.55. The Kier molecular flexibility index (Phi) is 3.39. The number of hydrogen-bond donors (Lipinski definition) is 1. The van der Waals surface area contributed by atoms with Crippen LogP contribution in [0.1, 0.15) is 39.2 Å². The molecular weight excluding hydrogens is 252 g/mol. The Hall–Kier alpha value is -0.900. The lowest BCUT2D eigenvalue weighted by atomic mass is 9.73. The van der Waals surface area contributed by atoms with Crippen LogP contribution in [-0.4, -0.2) is 28.5 Å². The molecule has 2 fully saturated rings. The zero-order valence-corrected chi connectivity index (χ0v) is 12.5. The molecule has 1 aliphatic carbocycles. The second kappa shape index (κ2) is 4.83. The Labute approximate surface area is 120 Å². The highest BCUT2D eigenvalue weighted by atomic mass is 16.6. The smallest absolute Gasteiger partial charge is 0.117 e. The molecule has 3 heteroatoms. The third kappa shape index (κ3) is 2.28. The van der Waals surface area contributed by atoms with Crippen molar-refractivity contribution in [2.45, 2.75) is 63.6 Å². The Morgan fingerprint density at radius 2 is 2.00 bits per heavy atom. The normalized spacial score (nSPS) is 39.6. The predicted octanol–water partition coefficient (Wildman–Crippen LogP) is 2.91. The van der Waals surface area contributed by atoms with Crippen LogP contribution < -0.4 is 0 Å². The fourth-order valence-corrected chi connectivity index (χ4v) is 3.42. The molecule has 1 saturated carbocycles. The minimum Gasteiger partial charge on any atom is -0.387 e.